The van der Waals surface area contributed by atoms with Crippen molar-refractivity contribution in [2.45, 2.75) is 32.4 Å². The van der Waals surface area contributed by atoms with E-state index in [4.69, 9.17) is 9.47 Å². The van der Waals surface area contributed by atoms with E-state index in [9.17, 15) is 9.59 Å². The van der Waals surface area contributed by atoms with E-state index < -0.39 is 5.82 Å². The van der Waals surface area contributed by atoms with Crippen molar-refractivity contribution in [3.05, 3.63) is 71.9 Å². The number of rotatable bonds is 7. The molecule has 0 radical (unpaired) electrons. The molecule has 4 heterocycles. The number of ether oxygens (including phenoxy) is 2. The molecule has 4 aromatic rings. The number of aromatic nitrogens is 4. The summed E-state index contributed by atoms with van der Waals surface area (Å²) in [6.45, 7) is 4.59. The maximum Gasteiger partial charge on any atom is 0.270 e. The number of fused-ring (bicyclic) bond motifs is 1. The predicted molar refractivity (Wildman–Crippen MR) is 155 cm³/mol. The van der Waals surface area contributed by atoms with Crippen LogP contribution in [0.15, 0.2) is 54.9 Å². The minimum atomic E-state index is -0.458. The van der Waals surface area contributed by atoms with E-state index in [1.54, 1.807) is 40.1 Å². The zero-order chi connectivity index (χ0) is 29.2. The van der Waals surface area contributed by atoms with E-state index in [2.05, 4.69) is 15.3 Å². The number of aryl methyl sites for hydroxylation is 1. The molecule has 2 amide bonds. The Morgan fingerprint density at radius 1 is 1.17 bits per heavy atom. The summed E-state index contributed by atoms with van der Waals surface area (Å²) in [6, 6.07) is 11.0. The minimum absolute atomic E-state index is 0.0325. The number of nitrogens with zero attached hydrogens (tertiary/aromatic N) is 5. The molecule has 42 heavy (non-hydrogen) atoms. The van der Waals surface area contributed by atoms with Crippen molar-refractivity contribution >= 4 is 28.3 Å². The lowest BCUT2D eigenvalue weighted by Gasteiger charge is -2.32. The van der Waals surface area contributed by atoms with Gasteiger partial charge < -0.3 is 24.3 Å². The van der Waals surface area contributed by atoms with Gasteiger partial charge in [0.25, 0.3) is 5.91 Å². The van der Waals surface area contributed by atoms with Gasteiger partial charge in [-0.25, -0.2) is 4.39 Å². The molecule has 1 saturated heterocycles. The number of hydrogen-bond acceptors (Lipinski definition) is 6. The molecule has 1 fully saturated rings. The molecule has 6 rings (SSSR count). The first-order chi connectivity index (χ1) is 20.4. The molecule has 0 aliphatic carbocycles. The average molecular weight is 573 g/mol. The highest BCUT2D eigenvalue weighted by molar-refractivity contribution is 6.05. The maximum atomic E-state index is 16.4. The van der Waals surface area contributed by atoms with Gasteiger partial charge in [0.2, 0.25) is 5.91 Å². The molecule has 0 unspecified atom stereocenters. The molecule has 0 spiro atoms. The number of carbonyl (C=O) groups is 2. The molecule has 10 nitrogen and oxygen atoms in total. The molecule has 2 aromatic carbocycles. The summed E-state index contributed by atoms with van der Waals surface area (Å²) < 4.78 is 29.2. The zero-order valence-electron chi connectivity index (χ0n) is 23.7. The molecule has 218 valence electrons. The molecule has 2 aliphatic heterocycles. The zero-order valence-corrected chi connectivity index (χ0v) is 23.7. The van der Waals surface area contributed by atoms with Gasteiger partial charge in [0.1, 0.15) is 11.4 Å². The number of carbonyl (C=O) groups excluding carboxylic acids is 2. The van der Waals surface area contributed by atoms with Crippen LogP contribution in [0.25, 0.3) is 27.6 Å². The van der Waals surface area contributed by atoms with E-state index in [1.165, 1.54) is 0 Å². The fourth-order valence-electron chi connectivity index (χ4n) is 5.75. The van der Waals surface area contributed by atoms with Gasteiger partial charge in [-0.15, -0.1) is 5.10 Å². The molecule has 2 aromatic heterocycles. The van der Waals surface area contributed by atoms with Crippen LogP contribution in [0.2, 0.25) is 0 Å². The van der Waals surface area contributed by atoms with Crippen molar-refractivity contribution in [2.24, 2.45) is 0 Å². The number of H-pyrrole nitrogens is 1. The Morgan fingerprint density at radius 2 is 2.02 bits per heavy atom. The second kappa shape index (κ2) is 11.8. The largest absolute Gasteiger partial charge is 0.496 e. The van der Waals surface area contributed by atoms with Gasteiger partial charge in [-0.2, -0.15) is 0 Å². The summed E-state index contributed by atoms with van der Waals surface area (Å²) in [5.74, 6) is -0.0550. The first-order valence-electron chi connectivity index (χ1n) is 14.1. The third-order valence-electron chi connectivity index (χ3n) is 7.98. The lowest BCUT2D eigenvalue weighted by molar-refractivity contribution is -0.131. The van der Waals surface area contributed by atoms with Crippen LogP contribution >= 0.6 is 0 Å². The second-order valence-electron chi connectivity index (χ2n) is 10.6. The lowest BCUT2D eigenvalue weighted by atomic mass is 9.93. The summed E-state index contributed by atoms with van der Waals surface area (Å²) in [5.41, 5.74) is 3.18. The standard InChI is InChI=1S/C31H33FN6O4/c1-20-19-42-15-14-38(20)31(40)26-17-25-24(22-7-3-4-8-27(22)41-2)16-23(29(32)30(25)34-26)21-6-5-11-36(18-21)28(39)9-12-37-13-10-33-35-37/h3-4,6-8,10,13,16-17,20,34H,5,9,11-12,14-15,18-19H2,1-2H3/t20-/m1/s1. The number of amides is 2. The van der Waals surface area contributed by atoms with Gasteiger partial charge in [0, 0.05) is 48.8 Å². The molecular weight excluding hydrogens is 539 g/mol. The molecule has 0 saturated carbocycles. The van der Waals surface area contributed by atoms with Crippen molar-refractivity contribution in [3.63, 3.8) is 0 Å². The highest BCUT2D eigenvalue weighted by atomic mass is 19.1. The van der Waals surface area contributed by atoms with E-state index in [-0.39, 0.29) is 36.3 Å². The van der Waals surface area contributed by atoms with Crippen LogP contribution in [0.4, 0.5) is 4.39 Å². The third-order valence-corrected chi connectivity index (χ3v) is 7.98. The van der Waals surface area contributed by atoms with E-state index >= 15 is 4.39 Å². The Hall–Kier alpha value is -4.51. The van der Waals surface area contributed by atoms with Gasteiger partial charge >= 0.3 is 0 Å². The Kier molecular flexibility index (Phi) is 7.75. The smallest absolute Gasteiger partial charge is 0.270 e. The number of hydrogen-bond donors (Lipinski definition) is 1. The SMILES string of the molecule is COc1ccccc1-c1cc(C2=CCCN(C(=O)CCn3ccnn3)C2)c(F)c2[nH]c(C(=O)N3CCOC[C@H]3C)cc12. The van der Waals surface area contributed by atoms with Gasteiger partial charge in [-0.3, -0.25) is 14.3 Å². The first kappa shape index (κ1) is 27.6. The van der Waals surface area contributed by atoms with E-state index in [1.807, 2.05) is 43.3 Å². The van der Waals surface area contributed by atoms with Gasteiger partial charge in [0.15, 0.2) is 5.82 Å². The van der Waals surface area contributed by atoms with Crippen molar-refractivity contribution < 1.29 is 23.5 Å². The number of methoxy groups -OCH3 is 1. The molecule has 1 atom stereocenters. The Morgan fingerprint density at radius 3 is 2.81 bits per heavy atom. The monoisotopic (exact) mass is 572 g/mol. The first-order valence-corrected chi connectivity index (χ1v) is 14.1. The maximum absolute atomic E-state index is 16.4. The van der Waals surface area contributed by atoms with Crippen LogP contribution in [0.3, 0.4) is 0 Å². The minimum Gasteiger partial charge on any atom is -0.496 e. The Bertz CT molecular complexity index is 1650. The average Bonchev–Trinajstić information content (AvgIpc) is 3.71. The topological polar surface area (TPSA) is 106 Å². The normalized spacial score (nSPS) is 17.4. The second-order valence-corrected chi connectivity index (χ2v) is 10.6. The van der Waals surface area contributed by atoms with Crippen molar-refractivity contribution in [1.82, 2.24) is 29.8 Å². The van der Waals surface area contributed by atoms with Crippen molar-refractivity contribution in [1.29, 1.82) is 0 Å². The number of para-hydroxylation sites is 1. The van der Waals surface area contributed by atoms with Crippen LogP contribution in [-0.2, 0) is 16.1 Å². The van der Waals surface area contributed by atoms with Crippen molar-refractivity contribution in [2.75, 3.05) is 40.0 Å². The number of nitrogens with one attached hydrogen (secondary N) is 1. The molecular formula is C31H33FN6O4. The van der Waals surface area contributed by atoms with Gasteiger partial charge in [-0.05, 0) is 42.7 Å². The summed E-state index contributed by atoms with van der Waals surface area (Å²) in [6.07, 6.45) is 6.16. The molecule has 11 heteroatoms. The number of benzene rings is 2. The van der Waals surface area contributed by atoms with Crippen LogP contribution < -0.4 is 4.74 Å². The summed E-state index contributed by atoms with van der Waals surface area (Å²) in [5, 5.41) is 8.29. The quantitative estimate of drug-likeness (QED) is 0.357. The number of halogens is 1. The number of morpholine rings is 1. The summed E-state index contributed by atoms with van der Waals surface area (Å²) in [7, 11) is 1.60. The Labute approximate surface area is 242 Å². The van der Waals surface area contributed by atoms with E-state index in [0.29, 0.717) is 61.7 Å². The highest BCUT2D eigenvalue weighted by Gasteiger charge is 2.29. The summed E-state index contributed by atoms with van der Waals surface area (Å²) in [4.78, 5) is 33.2. The van der Waals surface area contributed by atoms with Crippen LogP contribution in [0, 0.1) is 5.82 Å². The predicted octanol–water partition coefficient (Wildman–Crippen LogP) is 4.14. The van der Waals surface area contributed by atoms with E-state index in [0.717, 1.165) is 16.7 Å². The molecule has 2 aliphatic rings. The van der Waals surface area contributed by atoms with Gasteiger partial charge in [-0.1, -0.05) is 29.5 Å². The molecule has 1 N–H and O–H groups in total. The van der Waals surface area contributed by atoms with Crippen LogP contribution in [-0.4, -0.2) is 87.6 Å². The van der Waals surface area contributed by atoms with Crippen LogP contribution in [0.5, 0.6) is 5.75 Å². The highest BCUT2D eigenvalue weighted by Crippen LogP contribution is 2.40. The van der Waals surface area contributed by atoms with Crippen LogP contribution in [0.1, 0.15) is 35.8 Å². The molecule has 0 bridgehead atoms. The number of aromatic amines is 1. The Balaban J connectivity index is 1.39. The lowest BCUT2D eigenvalue weighted by Crippen LogP contribution is -2.47. The summed E-state index contributed by atoms with van der Waals surface area (Å²) >= 11 is 0. The van der Waals surface area contributed by atoms with Gasteiger partial charge in [0.05, 0.1) is 44.6 Å². The fourth-order valence-corrected chi connectivity index (χ4v) is 5.75. The fraction of sp³-hybridized carbons (Fsp3) is 0.355. The third kappa shape index (κ3) is 5.27. The van der Waals surface area contributed by atoms with Crippen molar-refractivity contribution in [3.8, 4) is 16.9 Å².